The van der Waals surface area contributed by atoms with Crippen molar-refractivity contribution in [1.82, 2.24) is 0 Å². The van der Waals surface area contributed by atoms with Crippen LogP contribution in [0.1, 0.15) is 0 Å². The number of hydrogen-bond donors (Lipinski definition) is 3. The molecule has 0 amide bonds. The number of rotatable bonds is 9. The van der Waals surface area contributed by atoms with E-state index >= 15 is 0 Å². The third-order valence-electron chi connectivity index (χ3n) is 1.52. The molecule has 0 aliphatic rings. The molecule has 3 unspecified atom stereocenters. The zero-order valence-electron chi connectivity index (χ0n) is 11.0. The molecular formula is C7H15LiNO8S3-. The van der Waals surface area contributed by atoms with Crippen LogP contribution in [-0.4, -0.2) is 61.6 Å². The van der Waals surface area contributed by atoms with Crippen molar-refractivity contribution in [3.8, 4) is 0 Å². The fraction of sp³-hybridized carbons (Fsp3) is 0.714. The average molecular weight is 344 g/mol. The smallest absolute Gasteiger partial charge is 0.538 e. The van der Waals surface area contributed by atoms with Gasteiger partial charge in [-0.05, 0) is 0 Å². The molecule has 0 aliphatic heterocycles. The molecule has 20 heavy (non-hydrogen) atoms. The second kappa shape index (κ2) is 10.9. The van der Waals surface area contributed by atoms with Crippen LogP contribution in [0.5, 0.6) is 0 Å². The zero-order valence-corrected chi connectivity index (χ0v) is 13.4. The summed E-state index contributed by atoms with van der Waals surface area (Å²) in [6.07, 6.45) is 1.10. The van der Waals surface area contributed by atoms with Crippen molar-refractivity contribution < 1.29 is 54.9 Å². The minimum absolute atomic E-state index is 0. The topological polar surface area (TPSA) is 159 Å². The van der Waals surface area contributed by atoms with Gasteiger partial charge in [0.15, 0.2) is 20.9 Å². The van der Waals surface area contributed by atoms with E-state index in [-0.39, 0.29) is 26.3 Å². The summed E-state index contributed by atoms with van der Waals surface area (Å²) in [5.41, 5.74) is -1.78. The summed E-state index contributed by atoms with van der Waals surface area (Å²) < 4.78 is 64.1. The van der Waals surface area contributed by atoms with Gasteiger partial charge in [-0.1, -0.05) is 0 Å². The minimum Gasteiger partial charge on any atom is -0.538 e. The van der Waals surface area contributed by atoms with Gasteiger partial charge in [0.05, 0.1) is 27.5 Å². The van der Waals surface area contributed by atoms with Gasteiger partial charge in [0.2, 0.25) is 0 Å². The van der Waals surface area contributed by atoms with E-state index in [4.69, 9.17) is 14.4 Å². The Hall–Kier alpha value is 0.197. The Morgan fingerprint density at radius 3 is 2.20 bits per heavy atom. The number of aliphatic hydroxyl groups excluding tert-OH is 1. The molecule has 116 valence electrons. The third-order valence-corrected chi connectivity index (χ3v) is 6.29. The molecule has 0 spiro atoms. The zero-order chi connectivity index (χ0) is 14.4. The number of nitrogens with one attached hydrogen (secondary N) is 1. The van der Waals surface area contributed by atoms with Crippen molar-refractivity contribution in [2.75, 3.05) is 23.4 Å². The second-order valence-corrected chi connectivity index (χ2v) is 8.80. The standard InChI is InChI=1S/C6H12NO8S3.CH3.Li/c7-17(12,4-9)5-18(13,14)2-1-15-6(3-8)16(10)11;;/h6-7,9H,1-2,4-5H2,(H,10,11);1H3;/q2*-1;+1. The van der Waals surface area contributed by atoms with E-state index in [0.29, 0.717) is 0 Å². The van der Waals surface area contributed by atoms with Crippen LogP contribution in [0.25, 0.3) is 0 Å². The van der Waals surface area contributed by atoms with Gasteiger partial charge in [0.25, 0.3) is 0 Å². The quantitative estimate of drug-likeness (QED) is 0.214. The second-order valence-electron chi connectivity index (χ2n) is 3.10. The van der Waals surface area contributed by atoms with Gasteiger partial charge in [0, 0.05) is 0 Å². The number of sulfone groups is 1. The molecular weight excluding hydrogens is 329 g/mol. The van der Waals surface area contributed by atoms with Crippen LogP contribution in [-0.2, 0) is 40.2 Å². The Balaban J connectivity index is -0.00000144. The van der Waals surface area contributed by atoms with E-state index in [9.17, 15) is 21.6 Å². The largest absolute Gasteiger partial charge is 1.00 e. The van der Waals surface area contributed by atoms with Crippen molar-refractivity contribution in [1.29, 1.82) is 4.78 Å². The maximum Gasteiger partial charge on any atom is 1.00 e. The Kier molecular flexibility index (Phi) is 13.7. The van der Waals surface area contributed by atoms with Crippen molar-refractivity contribution in [3.05, 3.63) is 7.43 Å². The number of carbonyl (C=O) groups excluding carboxylic acids is 1. The number of hydrogen-bond acceptors (Lipinski definition) is 8. The molecule has 0 aromatic heterocycles. The van der Waals surface area contributed by atoms with E-state index in [2.05, 4.69) is 4.74 Å². The SMILES string of the molecule is N=S(=O)(CO)CS(=O)(=O)CCOC([C-]=O)S(=O)O.[CH3-].[Li+]. The van der Waals surface area contributed by atoms with Gasteiger partial charge in [-0.3, -0.25) is 4.78 Å². The molecule has 13 heteroatoms. The minimum atomic E-state index is -3.94. The summed E-state index contributed by atoms with van der Waals surface area (Å²) in [6, 6.07) is 0. The first-order valence-corrected chi connectivity index (χ1v) is 9.16. The van der Waals surface area contributed by atoms with Crippen LogP contribution in [0.3, 0.4) is 0 Å². The maximum atomic E-state index is 11.3. The van der Waals surface area contributed by atoms with E-state index in [0.717, 1.165) is 6.29 Å². The molecule has 0 aliphatic carbocycles. The third kappa shape index (κ3) is 10.9. The van der Waals surface area contributed by atoms with Gasteiger partial charge in [-0.25, -0.2) is 23.1 Å². The molecule has 0 rings (SSSR count). The first-order valence-electron chi connectivity index (χ1n) is 4.28. The summed E-state index contributed by atoms with van der Waals surface area (Å²) in [5.74, 6) is -1.78. The first kappa shape index (κ1) is 25.2. The van der Waals surface area contributed by atoms with Crippen LogP contribution >= 0.6 is 0 Å². The molecule has 0 fully saturated rings. The van der Waals surface area contributed by atoms with E-state index in [1.165, 1.54) is 0 Å². The van der Waals surface area contributed by atoms with Gasteiger partial charge in [-0.15, -0.1) is 0 Å². The molecule has 3 N–H and O–H groups in total. The summed E-state index contributed by atoms with van der Waals surface area (Å²) in [6.45, 7) is -0.588. The molecule has 3 atom stereocenters. The Morgan fingerprint density at radius 2 is 1.85 bits per heavy atom. The Morgan fingerprint density at radius 1 is 1.35 bits per heavy atom. The molecule has 0 bridgehead atoms. The molecule has 0 saturated carbocycles. The van der Waals surface area contributed by atoms with Gasteiger partial charge in [-0.2, -0.15) is 0 Å². The first-order chi connectivity index (χ1) is 8.13. The average Bonchev–Trinajstić information content (AvgIpc) is 2.22. The summed E-state index contributed by atoms with van der Waals surface area (Å²) >= 11 is -2.63. The van der Waals surface area contributed by atoms with Crippen LogP contribution in [0.15, 0.2) is 0 Å². The van der Waals surface area contributed by atoms with Crippen molar-refractivity contribution in [2.24, 2.45) is 0 Å². The van der Waals surface area contributed by atoms with Crippen molar-refractivity contribution >= 4 is 36.9 Å². The predicted molar refractivity (Wildman–Crippen MR) is 69.2 cm³/mol. The molecule has 0 heterocycles. The number of ether oxygens (including phenoxy) is 1. The Labute approximate surface area is 132 Å². The van der Waals surface area contributed by atoms with E-state index in [1.807, 2.05) is 0 Å². The van der Waals surface area contributed by atoms with Gasteiger partial charge >= 0.3 is 18.9 Å². The predicted octanol–water partition coefficient (Wildman–Crippen LogP) is -4.52. The van der Waals surface area contributed by atoms with Crippen LogP contribution in [0.4, 0.5) is 0 Å². The Bertz CT molecular complexity index is 502. The summed E-state index contributed by atoms with van der Waals surface area (Å²) in [5, 5.41) is 7.45. The molecule has 0 aromatic rings. The molecule has 0 radical (unpaired) electrons. The van der Waals surface area contributed by atoms with E-state index in [1.54, 1.807) is 0 Å². The fourth-order valence-electron chi connectivity index (χ4n) is 0.802. The monoisotopic (exact) mass is 344 g/mol. The normalized spacial score (nSPS) is 16.9. The maximum absolute atomic E-state index is 11.3. The van der Waals surface area contributed by atoms with Crippen LogP contribution in [0, 0.1) is 12.2 Å². The summed E-state index contributed by atoms with van der Waals surface area (Å²) in [4.78, 5) is 10.1. The molecule has 0 aromatic carbocycles. The van der Waals surface area contributed by atoms with Gasteiger partial charge in [0.1, 0.15) is 11.0 Å². The van der Waals surface area contributed by atoms with Crippen molar-refractivity contribution in [3.63, 3.8) is 0 Å². The van der Waals surface area contributed by atoms with Crippen LogP contribution < -0.4 is 18.9 Å². The number of aliphatic hydroxyl groups is 1. The fourth-order valence-corrected chi connectivity index (χ4v) is 4.54. The van der Waals surface area contributed by atoms with Crippen molar-refractivity contribution in [2.45, 2.75) is 5.44 Å². The molecule has 9 nitrogen and oxygen atoms in total. The van der Waals surface area contributed by atoms with E-state index < -0.39 is 59.5 Å². The van der Waals surface area contributed by atoms with Gasteiger partial charge < -0.3 is 26.6 Å². The summed E-state index contributed by atoms with van der Waals surface area (Å²) in [7, 11) is -7.56. The molecule has 0 saturated heterocycles. The van der Waals surface area contributed by atoms with Crippen LogP contribution in [0.2, 0.25) is 0 Å².